The lowest BCUT2D eigenvalue weighted by molar-refractivity contribution is 0.389. The fourth-order valence-corrected chi connectivity index (χ4v) is 4.60. The second-order valence-electron chi connectivity index (χ2n) is 9.28. The fraction of sp³-hybridized carbons (Fsp3) is 0.778. The number of hydrogen-bond acceptors (Lipinski definition) is 1. The molecule has 0 saturated carbocycles. The highest BCUT2D eigenvalue weighted by molar-refractivity contribution is 6.48. The van der Waals surface area contributed by atoms with Crippen LogP contribution >= 0.6 is 23.2 Å². The van der Waals surface area contributed by atoms with Gasteiger partial charge in [-0.25, -0.2) is 0 Å². The molecule has 0 amide bonds. The molecule has 0 spiro atoms. The predicted molar refractivity (Wildman–Crippen MR) is 137 cm³/mol. The Hall–Kier alpha value is -0.240. The summed E-state index contributed by atoms with van der Waals surface area (Å²) in [5.74, 6) is 0. The van der Waals surface area contributed by atoms with Crippen LogP contribution in [0.2, 0.25) is 0 Å². The molecular weight excluding hydrogens is 409 g/mol. The van der Waals surface area contributed by atoms with E-state index >= 15 is 0 Å². The van der Waals surface area contributed by atoms with Crippen molar-refractivity contribution in [3.8, 4) is 0 Å². The summed E-state index contributed by atoms with van der Waals surface area (Å²) in [5, 5.41) is 0. The molecule has 0 aliphatic heterocycles. The molecule has 174 valence electrons. The van der Waals surface area contributed by atoms with Crippen molar-refractivity contribution in [1.29, 1.82) is 0 Å². The highest BCUT2D eigenvalue weighted by atomic mass is 35.5. The van der Waals surface area contributed by atoms with Gasteiger partial charge in [0.2, 0.25) is 0 Å². The van der Waals surface area contributed by atoms with E-state index in [-0.39, 0.29) is 0 Å². The van der Waals surface area contributed by atoms with Crippen molar-refractivity contribution in [2.45, 2.75) is 113 Å². The Bertz CT molecular complexity index is 487. The van der Waals surface area contributed by atoms with E-state index in [1.165, 1.54) is 103 Å². The van der Waals surface area contributed by atoms with Crippen molar-refractivity contribution in [1.82, 2.24) is 4.90 Å². The Kier molecular flexibility index (Phi) is 17.0. The zero-order valence-electron chi connectivity index (χ0n) is 19.8. The normalized spacial score (nSPS) is 12.0. The fourth-order valence-electron chi connectivity index (χ4n) is 4.08. The van der Waals surface area contributed by atoms with E-state index in [0.29, 0.717) is 0 Å². The molecule has 0 bridgehead atoms. The molecule has 0 aliphatic rings. The standard InChI is InChI=1S/C27H47Cl2N/c1-30(2)25-21-16-14-12-10-8-6-4-3-5-7-9-11-13-15-20-24-27(28,29)26-22-18-17-19-23-26/h17-19,22-23H,3-16,20-21,24-25H2,1-2H3. The monoisotopic (exact) mass is 455 g/mol. The van der Waals surface area contributed by atoms with E-state index in [1.54, 1.807) is 0 Å². The van der Waals surface area contributed by atoms with Crippen molar-refractivity contribution < 1.29 is 0 Å². The highest BCUT2D eigenvalue weighted by Gasteiger charge is 2.25. The Morgan fingerprint density at radius 1 is 0.567 bits per heavy atom. The first-order chi connectivity index (χ1) is 14.5. The summed E-state index contributed by atoms with van der Waals surface area (Å²) < 4.78 is -0.729. The number of unbranched alkanes of at least 4 members (excludes halogenated alkanes) is 15. The van der Waals surface area contributed by atoms with Gasteiger partial charge in [0.1, 0.15) is 4.33 Å². The molecule has 1 rings (SSSR count). The molecule has 0 unspecified atom stereocenters. The van der Waals surface area contributed by atoms with Gasteiger partial charge >= 0.3 is 0 Å². The summed E-state index contributed by atoms with van der Waals surface area (Å²) in [5.41, 5.74) is 1.02. The van der Waals surface area contributed by atoms with Crippen LogP contribution in [0.25, 0.3) is 0 Å². The lowest BCUT2D eigenvalue weighted by atomic mass is 10.0. The first-order valence-corrected chi connectivity index (χ1v) is 13.4. The number of halogens is 2. The summed E-state index contributed by atoms with van der Waals surface area (Å²) in [6.45, 7) is 1.25. The van der Waals surface area contributed by atoms with Gasteiger partial charge in [-0.3, -0.25) is 0 Å². The van der Waals surface area contributed by atoms with Crippen LogP contribution in [0.3, 0.4) is 0 Å². The maximum Gasteiger partial charge on any atom is 0.143 e. The minimum atomic E-state index is -0.729. The topological polar surface area (TPSA) is 3.24 Å². The molecule has 0 heterocycles. The number of rotatable bonds is 20. The summed E-state index contributed by atoms with van der Waals surface area (Å²) in [4.78, 5) is 2.29. The van der Waals surface area contributed by atoms with Gasteiger partial charge in [0.05, 0.1) is 0 Å². The van der Waals surface area contributed by atoms with E-state index in [0.717, 1.165) is 18.4 Å². The van der Waals surface area contributed by atoms with Crippen molar-refractivity contribution in [3.63, 3.8) is 0 Å². The molecule has 0 aromatic heterocycles. The van der Waals surface area contributed by atoms with Gasteiger partial charge in [-0.2, -0.15) is 0 Å². The summed E-state index contributed by atoms with van der Waals surface area (Å²) in [6, 6.07) is 10.1. The number of benzene rings is 1. The van der Waals surface area contributed by atoms with E-state index in [2.05, 4.69) is 19.0 Å². The van der Waals surface area contributed by atoms with Crippen LogP contribution in [0.4, 0.5) is 0 Å². The first kappa shape index (κ1) is 27.8. The zero-order valence-corrected chi connectivity index (χ0v) is 21.3. The molecule has 1 aromatic carbocycles. The molecule has 0 N–H and O–H groups in total. The molecule has 0 atom stereocenters. The van der Waals surface area contributed by atoms with Gasteiger partial charge in [-0.15, -0.1) is 0 Å². The number of alkyl halides is 2. The van der Waals surface area contributed by atoms with Gasteiger partial charge in [0, 0.05) is 0 Å². The minimum absolute atomic E-state index is 0.729. The van der Waals surface area contributed by atoms with Crippen molar-refractivity contribution in [2.75, 3.05) is 20.6 Å². The lowest BCUT2D eigenvalue weighted by Crippen LogP contribution is -2.12. The zero-order chi connectivity index (χ0) is 21.9. The minimum Gasteiger partial charge on any atom is -0.309 e. The maximum absolute atomic E-state index is 6.51. The molecule has 0 saturated heterocycles. The highest BCUT2D eigenvalue weighted by Crippen LogP contribution is 2.38. The van der Waals surface area contributed by atoms with E-state index in [1.807, 2.05) is 30.3 Å². The first-order valence-electron chi connectivity index (χ1n) is 12.6. The third-order valence-electron chi connectivity index (χ3n) is 6.04. The lowest BCUT2D eigenvalue weighted by Gasteiger charge is -2.19. The third kappa shape index (κ3) is 15.5. The number of hydrogen-bond donors (Lipinski definition) is 0. The van der Waals surface area contributed by atoms with Crippen LogP contribution in [0.1, 0.15) is 115 Å². The van der Waals surface area contributed by atoms with Gasteiger partial charge in [-0.1, -0.05) is 150 Å². The Labute approximate surface area is 197 Å². The SMILES string of the molecule is CN(C)CCCCCCCCCCCCCCCCCCC(Cl)(Cl)c1ccccc1. The molecule has 0 aliphatic carbocycles. The van der Waals surface area contributed by atoms with Crippen molar-refractivity contribution in [2.24, 2.45) is 0 Å². The van der Waals surface area contributed by atoms with E-state index in [9.17, 15) is 0 Å². The van der Waals surface area contributed by atoms with Gasteiger partial charge in [0.25, 0.3) is 0 Å². The quantitative estimate of drug-likeness (QED) is 0.139. The molecular formula is C27H47Cl2N. The molecule has 30 heavy (non-hydrogen) atoms. The van der Waals surface area contributed by atoms with Gasteiger partial charge in [0.15, 0.2) is 0 Å². The Morgan fingerprint density at radius 2 is 0.933 bits per heavy atom. The summed E-state index contributed by atoms with van der Waals surface area (Å²) in [6.07, 6.45) is 22.9. The maximum atomic E-state index is 6.51. The Balaban J connectivity index is 1.79. The third-order valence-corrected chi connectivity index (χ3v) is 6.86. The van der Waals surface area contributed by atoms with E-state index < -0.39 is 4.33 Å². The number of nitrogens with zero attached hydrogens (tertiary/aromatic N) is 1. The van der Waals surface area contributed by atoms with Crippen LogP contribution in [0.5, 0.6) is 0 Å². The van der Waals surface area contributed by atoms with Crippen LogP contribution in [-0.2, 0) is 4.33 Å². The Morgan fingerprint density at radius 3 is 1.33 bits per heavy atom. The van der Waals surface area contributed by atoms with E-state index in [4.69, 9.17) is 23.2 Å². The second-order valence-corrected chi connectivity index (χ2v) is 10.8. The molecule has 0 radical (unpaired) electrons. The largest absolute Gasteiger partial charge is 0.309 e. The van der Waals surface area contributed by atoms with Crippen LogP contribution in [0, 0.1) is 0 Å². The molecule has 3 heteroatoms. The van der Waals surface area contributed by atoms with Crippen molar-refractivity contribution >= 4 is 23.2 Å². The molecule has 1 aromatic rings. The smallest absolute Gasteiger partial charge is 0.143 e. The van der Waals surface area contributed by atoms with Crippen molar-refractivity contribution in [3.05, 3.63) is 35.9 Å². The molecule has 1 nitrogen and oxygen atoms in total. The van der Waals surface area contributed by atoms with Crippen LogP contribution < -0.4 is 0 Å². The average Bonchev–Trinajstić information content (AvgIpc) is 2.73. The molecule has 0 fully saturated rings. The summed E-state index contributed by atoms with van der Waals surface area (Å²) in [7, 11) is 4.33. The van der Waals surface area contributed by atoms with Crippen LogP contribution in [-0.4, -0.2) is 25.5 Å². The second kappa shape index (κ2) is 18.3. The van der Waals surface area contributed by atoms with Crippen LogP contribution in [0.15, 0.2) is 30.3 Å². The average molecular weight is 457 g/mol. The van der Waals surface area contributed by atoms with Gasteiger partial charge < -0.3 is 4.90 Å². The van der Waals surface area contributed by atoms with Gasteiger partial charge in [-0.05, 0) is 39.0 Å². The predicted octanol–water partition coefficient (Wildman–Crippen LogP) is 9.51. The summed E-state index contributed by atoms with van der Waals surface area (Å²) >= 11 is 13.0.